The molecule has 0 bridgehead atoms. The molecule has 6 heteroatoms. The van der Waals surface area contributed by atoms with Crippen LogP contribution in [0.15, 0.2) is 42.7 Å². The highest BCUT2D eigenvalue weighted by Crippen LogP contribution is 2.16. The Kier molecular flexibility index (Phi) is 7.14. The van der Waals surface area contributed by atoms with E-state index in [0.29, 0.717) is 35.9 Å². The molecule has 2 N–H and O–H groups in total. The summed E-state index contributed by atoms with van der Waals surface area (Å²) in [7, 11) is 0. The molecule has 0 fully saturated rings. The number of pyridine rings is 1. The monoisotopic (exact) mass is 355 g/mol. The second-order valence-electron chi connectivity index (χ2n) is 6.31. The summed E-state index contributed by atoms with van der Waals surface area (Å²) in [6.45, 7) is 7.29. The van der Waals surface area contributed by atoms with Crippen molar-refractivity contribution in [3.63, 3.8) is 0 Å². The van der Waals surface area contributed by atoms with Crippen molar-refractivity contribution in [2.75, 3.05) is 18.5 Å². The fourth-order valence-electron chi connectivity index (χ4n) is 2.27. The molecule has 2 amide bonds. The standard InChI is InChI=1S/C20H25N3O3/c1-4-26-18-7-5-17(6-8-18)23-20(25)16-11-15(12-21-13-16)19(24)22-10-9-14(2)3/h5-8,11-14H,4,9-10H2,1-3H3,(H,22,24)(H,23,25). The van der Waals surface area contributed by atoms with Crippen LogP contribution in [0, 0.1) is 5.92 Å². The summed E-state index contributed by atoms with van der Waals surface area (Å²) < 4.78 is 5.37. The average Bonchev–Trinajstić information content (AvgIpc) is 2.63. The first-order valence-corrected chi connectivity index (χ1v) is 8.77. The van der Waals surface area contributed by atoms with E-state index in [-0.39, 0.29) is 11.8 Å². The number of aromatic nitrogens is 1. The number of ether oxygens (including phenoxy) is 1. The normalized spacial score (nSPS) is 10.5. The highest BCUT2D eigenvalue weighted by molar-refractivity contribution is 6.05. The van der Waals surface area contributed by atoms with Gasteiger partial charge in [0.1, 0.15) is 5.75 Å². The fourth-order valence-corrected chi connectivity index (χ4v) is 2.27. The minimum absolute atomic E-state index is 0.228. The number of nitrogens with zero attached hydrogens (tertiary/aromatic N) is 1. The Morgan fingerprint density at radius 3 is 2.35 bits per heavy atom. The Morgan fingerprint density at radius 2 is 1.73 bits per heavy atom. The van der Waals surface area contributed by atoms with Crippen molar-refractivity contribution in [3.05, 3.63) is 53.9 Å². The number of rotatable bonds is 8. The van der Waals surface area contributed by atoms with Crippen molar-refractivity contribution < 1.29 is 14.3 Å². The summed E-state index contributed by atoms with van der Waals surface area (Å²) >= 11 is 0. The van der Waals surface area contributed by atoms with Crippen LogP contribution in [0.2, 0.25) is 0 Å². The van der Waals surface area contributed by atoms with Crippen LogP contribution in [0.5, 0.6) is 5.75 Å². The predicted molar refractivity (Wildman–Crippen MR) is 102 cm³/mol. The van der Waals surface area contributed by atoms with Gasteiger partial charge in [0.25, 0.3) is 11.8 Å². The van der Waals surface area contributed by atoms with Gasteiger partial charge < -0.3 is 15.4 Å². The smallest absolute Gasteiger partial charge is 0.257 e. The van der Waals surface area contributed by atoms with E-state index in [4.69, 9.17) is 4.74 Å². The molecule has 0 atom stereocenters. The van der Waals surface area contributed by atoms with E-state index in [2.05, 4.69) is 29.5 Å². The van der Waals surface area contributed by atoms with Crippen LogP contribution in [-0.4, -0.2) is 29.9 Å². The maximum absolute atomic E-state index is 12.4. The van der Waals surface area contributed by atoms with E-state index in [1.54, 1.807) is 30.3 Å². The summed E-state index contributed by atoms with van der Waals surface area (Å²) in [5, 5.41) is 5.63. The molecule has 26 heavy (non-hydrogen) atoms. The van der Waals surface area contributed by atoms with Gasteiger partial charge in [0.2, 0.25) is 0 Å². The third-order valence-electron chi connectivity index (χ3n) is 3.69. The summed E-state index contributed by atoms with van der Waals surface area (Å²) in [5.74, 6) is 0.708. The summed E-state index contributed by atoms with van der Waals surface area (Å²) in [4.78, 5) is 28.6. The molecule has 6 nitrogen and oxygen atoms in total. The predicted octanol–water partition coefficient (Wildman–Crippen LogP) is 3.51. The Balaban J connectivity index is 1.99. The Morgan fingerprint density at radius 1 is 1.08 bits per heavy atom. The van der Waals surface area contributed by atoms with Crippen LogP contribution < -0.4 is 15.4 Å². The van der Waals surface area contributed by atoms with Gasteiger partial charge in [-0.1, -0.05) is 13.8 Å². The first-order chi connectivity index (χ1) is 12.5. The fraction of sp³-hybridized carbons (Fsp3) is 0.350. The van der Waals surface area contributed by atoms with E-state index in [9.17, 15) is 9.59 Å². The lowest BCUT2D eigenvalue weighted by atomic mass is 10.1. The number of amides is 2. The lowest BCUT2D eigenvalue weighted by Crippen LogP contribution is -2.26. The highest BCUT2D eigenvalue weighted by atomic mass is 16.5. The maximum atomic E-state index is 12.4. The van der Waals surface area contributed by atoms with Gasteiger partial charge in [-0.05, 0) is 49.6 Å². The second kappa shape index (κ2) is 9.56. The van der Waals surface area contributed by atoms with E-state index in [1.807, 2.05) is 6.92 Å². The quantitative estimate of drug-likeness (QED) is 0.759. The van der Waals surface area contributed by atoms with Crippen LogP contribution in [0.1, 0.15) is 47.9 Å². The van der Waals surface area contributed by atoms with E-state index in [0.717, 1.165) is 12.2 Å². The molecule has 0 aliphatic rings. The minimum atomic E-state index is -0.321. The number of hydrogen-bond acceptors (Lipinski definition) is 4. The first kappa shape index (κ1) is 19.4. The summed E-state index contributed by atoms with van der Waals surface area (Å²) in [5.41, 5.74) is 1.34. The zero-order valence-corrected chi connectivity index (χ0v) is 15.4. The number of nitrogens with one attached hydrogen (secondary N) is 2. The van der Waals surface area contributed by atoms with Crippen molar-refractivity contribution >= 4 is 17.5 Å². The third-order valence-corrected chi connectivity index (χ3v) is 3.69. The molecule has 2 rings (SSSR count). The molecule has 138 valence electrons. The van der Waals surface area contributed by atoms with E-state index >= 15 is 0 Å². The Labute approximate surface area is 154 Å². The van der Waals surface area contributed by atoms with Crippen LogP contribution in [0.4, 0.5) is 5.69 Å². The lowest BCUT2D eigenvalue weighted by Gasteiger charge is -2.09. The number of anilines is 1. The van der Waals surface area contributed by atoms with Crippen LogP contribution in [-0.2, 0) is 0 Å². The molecule has 1 aromatic carbocycles. The van der Waals surface area contributed by atoms with Crippen molar-refractivity contribution in [2.45, 2.75) is 27.2 Å². The second-order valence-corrected chi connectivity index (χ2v) is 6.31. The number of carbonyl (C=O) groups is 2. The van der Waals surface area contributed by atoms with Crippen molar-refractivity contribution in [1.82, 2.24) is 10.3 Å². The largest absolute Gasteiger partial charge is 0.494 e. The third kappa shape index (κ3) is 5.88. The number of carbonyl (C=O) groups excluding carboxylic acids is 2. The molecule has 0 aliphatic carbocycles. The molecule has 1 aromatic heterocycles. The van der Waals surface area contributed by atoms with E-state index < -0.39 is 0 Å². The van der Waals surface area contributed by atoms with E-state index in [1.165, 1.54) is 12.4 Å². The van der Waals surface area contributed by atoms with Gasteiger partial charge in [-0.2, -0.15) is 0 Å². The van der Waals surface area contributed by atoms with Gasteiger partial charge in [-0.25, -0.2) is 0 Å². The summed E-state index contributed by atoms with van der Waals surface area (Å²) in [6, 6.07) is 8.64. The molecule has 1 heterocycles. The zero-order chi connectivity index (χ0) is 18.9. The number of benzene rings is 1. The molecule has 0 unspecified atom stereocenters. The molecule has 0 saturated carbocycles. The van der Waals surface area contributed by atoms with Crippen molar-refractivity contribution in [2.24, 2.45) is 5.92 Å². The molecule has 0 spiro atoms. The summed E-state index contributed by atoms with van der Waals surface area (Å²) in [6.07, 6.45) is 3.80. The molecule has 0 radical (unpaired) electrons. The van der Waals surface area contributed by atoms with Crippen molar-refractivity contribution in [1.29, 1.82) is 0 Å². The topological polar surface area (TPSA) is 80.3 Å². The van der Waals surface area contributed by atoms with Crippen LogP contribution in [0.25, 0.3) is 0 Å². The lowest BCUT2D eigenvalue weighted by molar-refractivity contribution is 0.0951. The number of hydrogen-bond donors (Lipinski definition) is 2. The molecular formula is C20H25N3O3. The van der Waals surface area contributed by atoms with Crippen LogP contribution >= 0.6 is 0 Å². The molecule has 0 aliphatic heterocycles. The maximum Gasteiger partial charge on any atom is 0.257 e. The van der Waals surface area contributed by atoms with Crippen LogP contribution in [0.3, 0.4) is 0 Å². The van der Waals surface area contributed by atoms with Gasteiger partial charge in [-0.15, -0.1) is 0 Å². The van der Waals surface area contributed by atoms with Gasteiger partial charge in [0.15, 0.2) is 0 Å². The molecular weight excluding hydrogens is 330 g/mol. The van der Waals surface area contributed by atoms with Gasteiger partial charge in [0, 0.05) is 24.6 Å². The Hall–Kier alpha value is -2.89. The van der Waals surface area contributed by atoms with Gasteiger partial charge in [0.05, 0.1) is 17.7 Å². The minimum Gasteiger partial charge on any atom is -0.494 e. The van der Waals surface area contributed by atoms with Gasteiger partial charge >= 0.3 is 0 Å². The molecule has 0 saturated heterocycles. The highest BCUT2D eigenvalue weighted by Gasteiger charge is 2.12. The van der Waals surface area contributed by atoms with Crippen molar-refractivity contribution in [3.8, 4) is 5.75 Å². The first-order valence-electron chi connectivity index (χ1n) is 8.77. The SMILES string of the molecule is CCOc1ccc(NC(=O)c2cncc(C(=O)NCCC(C)C)c2)cc1. The Bertz CT molecular complexity index is 742. The molecule has 2 aromatic rings. The van der Waals surface area contributed by atoms with Gasteiger partial charge in [-0.3, -0.25) is 14.6 Å². The zero-order valence-electron chi connectivity index (χ0n) is 15.4. The average molecular weight is 355 g/mol.